The fourth-order valence-corrected chi connectivity index (χ4v) is 1.65. The molecule has 0 saturated heterocycles. The van der Waals surface area contributed by atoms with Crippen LogP contribution in [0.4, 0.5) is 0 Å². The number of hydrogen-bond donors (Lipinski definition) is 3. The maximum Gasteiger partial charge on any atom is 0.336 e. The van der Waals surface area contributed by atoms with Crippen molar-refractivity contribution in [3.63, 3.8) is 0 Å². The number of carboxylic acid groups (broad SMARTS) is 1. The monoisotopic (exact) mass is 221 g/mol. The second-order valence-electron chi connectivity index (χ2n) is 3.52. The maximum atomic E-state index is 11.4. The summed E-state index contributed by atoms with van der Waals surface area (Å²) >= 11 is 0. The van der Waals surface area contributed by atoms with E-state index in [1.807, 2.05) is 6.92 Å². The van der Waals surface area contributed by atoms with E-state index in [4.69, 9.17) is 5.11 Å². The van der Waals surface area contributed by atoms with Gasteiger partial charge < -0.3 is 5.11 Å². The molecule has 0 spiro atoms. The number of carboxylic acids is 1. The summed E-state index contributed by atoms with van der Waals surface area (Å²) in [5, 5.41) is 14.0. The summed E-state index contributed by atoms with van der Waals surface area (Å²) in [6, 6.07) is 1.46. The highest BCUT2D eigenvalue weighted by atomic mass is 16.4. The number of fused-ring (bicyclic) bond motifs is 1. The fraction of sp³-hybridized carbons (Fsp3) is 0.300. The number of aryl methyl sites for hydroxylation is 1. The Balaban J connectivity index is 2.76. The van der Waals surface area contributed by atoms with Gasteiger partial charge in [0.15, 0.2) is 5.65 Å². The first kappa shape index (κ1) is 10.4. The third kappa shape index (κ3) is 1.58. The number of aromatic nitrogens is 3. The van der Waals surface area contributed by atoms with Gasteiger partial charge in [0.2, 0.25) is 0 Å². The Morgan fingerprint density at radius 1 is 1.50 bits per heavy atom. The molecule has 0 bridgehead atoms. The molecular weight excluding hydrogens is 210 g/mol. The normalized spacial score (nSPS) is 10.8. The molecule has 0 atom stereocenters. The first-order chi connectivity index (χ1) is 7.63. The van der Waals surface area contributed by atoms with E-state index in [2.05, 4.69) is 15.2 Å². The molecule has 3 N–H and O–H groups in total. The molecule has 0 radical (unpaired) electrons. The molecule has 2 heterocycles. The molecular formula is C10H11N3O3. The first-order valence-corrected chi connectivity index (χ1v) is 4.97. The van der Waals surface area contributed by atoms with Gasteiger partial charge in [-0.15, -0.1) is 0 Å². The van der Waals surface area contributed by atoms with Crippen molar-refractivity contribution in [2.24, 2.45) is 0 Å². The number of nitrogens with zero attached hydrogens (tertiary/aromatic N) is 1. The van der Waals surface area contributed by atoms with Crippen molar-refractivity contribution >= 4 is 17.0 Å². The number of pyridine rings is 1. The van der Waals surface area contributed by atoms with Crippen molar-refractivity contribution in [2.75, 3.05) is 0 Å². The summed E-state index contributed by atoms with van der Waals surface area (Å²) in [6.07, 6.45) is 1.55. The zero-order valence-corrected chi connectivity index (χ0v) is 8.70. The van der Waals surface area contributed by atoms with Crippen LogP contribution < -0.4 is 5.56 Å². The van der Waals surface area contributed by atoms with Crippen LogP contribution in [0.3, 0.4) is 0 Å². The number of H-pyrrole nitrogens is 2. The lowest BCUT2D eigenvalue weighted by atomic mass is 10.1. The molecule has 16 heavy (non-hydrogen) atoms. The van der Waals surface area contributed by atoms with Gasteiger partial charge in [-0.25, -0.2) is 9.78 Å². The first-order valence-electron chi connectivity index (χ1n) is 4.97. The smallest absolute Gasteiger partial charge is 0.336 e. The minimum absolute atomic E-state index is 0.00375. The van der Waals surface area contributed by atoms with Gasteiger partial charge in [0.1, 0.15) is 0 Å². The van der Waals surface area contributed by atoms with E-state index in [9.17, 15) is 9.59 Å². The lowest BCUT2D eigenvalue weighted by Gasteiger charge is -2.01. The molecule has 0 aliphatic carbocycles. The third-order valence-corrected chi connectivity index (χ3v) is 2.33. The van der Waals surface area contributed by atoms with Crippen LogP contribution in [0.15, 0.2) is 10.9 Å². The van der Waals surface area contributed by atoms with Crippen LogP contribution in [-0.4, -0.2) is 26.3 Å². The zero-order valence-electron chi connectivity index (χ0n) is 8.70. The number of carbonyl (C=O) groups is 1. The van der Waals surface area contributed by atoms with Gasteiger partial charge in [0.05, 0.1) is 10.9 Å². The van der Waals surface area contributed by atoms with Gasteiger partial charge in [-0.05, 0) is 12.5 Å². The largest absolute Gasteiger partial charge is 0.478 e. The van der Waals surface area contributed by atoms with E-state index in [1.54, 1.807) is 0 Å². The molecule has 84 valence electrons. The Morgan fingerprint density at radius 3 is 2.88 bits per heavy atom. The number of nitrogens with one attached hydrogen (secondary N) is 2. The Kier molecular flexibility index (Phi) is 2.47. The van der Waals surface area contributed by atoms with E-state index >= 15 is 0 Å². The topological polar surface area (TPSA) is 98.8 Å². The van der Waals surface area contributed by atoms with E-state index in [1.165, 1.54) is 6.07 Å². The van der Waals surface area contributed by atoms with Crippen LogP contribution in [0.25, 0.3) is 11.0 Å². The van der Waals surface area contributed by atoms with Crippen molar-refractivity contribution in [3.05, 3.63) is 27.7 Å². The Hall–Kier alpha value is -2.11. The van der Waals surface area contributed by atoms with Gasteiger partial charge >= 0.3 is 5.97 Å². The van der Waals surface area contributed by atoms with Gasteiger partial charge in [-0.1, -0.05) is 13.3 Å². The molecule has 2 aromatic rings. The summed E-state index contributed by atoms with van der Waals surface area (Å²) in [5.74, 6) is -1.12. The maximum absolute atomic E-state index is 11.4. The molecule has 0 saturated carbocycles. The molecule has 0 aliphatic rings. The number of aromatic amines is 2. The lowest BCUT2D eigenvalue weighted by Crippen LogP contribution is -2.07. The second kappa shape index (κ2) is 3.80. The van der Waals surface area contributed by atoms with Gasteiger partial charge in [-0.2, -0.15) is 0 Å². The highest BCUT2D eigenvalue weighted by molar-refractivity contribution is 6.01. The average Bonchev–Trinajstić information content (AvgIpc) is 2.60. The van der Waals surface area contributed by atoms with Gasteiger partial charge in [0.25, 0.3) is 5.56 Å². The highest BCUT2D eigenvalue weighted by Gasteiger charge is 2.15. The van der Waals surface area contributed by atoms with E-state index in [-0.39, 0.29) is 10.9 Å². The molecule has 0 fully saturated rings. The van der Waals surface area contributed by atoms with Crippen LogP contribution in [-0.2, 0) is 6.42 Å². The molecule has 2 aromatic heterocycles. The van der Waals surface area contributed by atoms with Crippen molar-refractivity contribution in [1.29, 1.82) is 0 Å². The van der Waals surface area contributed by atoms with Crippen molar-refractivity contribution in [3.8, 4) is 0 Å². The molecule has 2 rings (SSSR count). The molecule has 6 nitrogen and oxygen atoms in total. The summed E-state index contributed by atoms with van der Waals surface area (Å²) in [5.41, 5.74) is 0.509. The average molecular weight is 221 g/mol. The quantitative estimate of drug-likeness (QED) is 0.717. The standard InChI is InChI=1S/C10H11N3O3/c1-2-3-5-4-6(10(15)16)7-8(11-5)12-13-9(7)14/h4H,2-3H2,1H3,(H,15,16)(H2,11,12,13,14). The zero-order chi connectivity index (χ0) is 11.7. The van der Waals surface area contributed by atoms with Crippen LogP contribution in [0, 0.1) is 0 Å². The molecule has 0 unspecified atom stereocenters. The molecule has 0 aliphatic heterocycles. The van der Waals surface area contributed by atoms with Crippen LogP contribution in [0.2, 0.25) is 0 Å². The summed E-state index contributed by atoms with van der Waals surface area (Å²) in [7, 11) is 0. The van der Waals surface area contributed by atoms with E-state index in [0.717, 1.165) is 6.42 Å². The number of aromatic carboxylic acids is 1. The third-order valence-electron chi connectivity index (χ3n) is 2.33. The minimum Gasteiger partial charge on any atom is -0.478 e. The van der Waals surface area contributed by atoms with Crippen LogP contribution in [0.1, 0.15) is 29.4 Å². The lowest BCUT2D eigenvalue weighted by molar-refractivity contribution is 0.0698. The van der Waals surface area contributed by atoms with Gasteiger partial charge in [0, 0.05) is 5.69 Å². The van der Waals surface area contributed by atoms with Crippen LogP contribution in [0.5, 0.6) is 0 Å². The Labute approximate surface area is 90.3 Å². The molecule has 0 aromatic carbocycles. The summed E-state index contributed by atoms with van der Waals surface area (Å²) in [4.78, 5) is 26.6. The van der Waals surface area contributed by atoms with E-state index < -0.39 is 11.5 Å². The number of hydrogen-bond acceptors (Lipinski definition) is 3. The van der Waals surface area contributed by atoms with E-state index in [0.29, 0.717) is 17.8 Å². The number of rotatable bonds is 3. The van der Waals surface area contributed by atoms with Crippen molar-refractivity contribution in [2.45, 2.75) is 19.8 Å². The SMILES string of the molecule is CCCc1cc(C(=O)O)c2c(=O)[nH][nH]c2n1. The second-order valence-corrected chi connectivity index (χ2v) is 3.52. The minimum atomic E-state index is -1.12. The Morgan fingerprint density at radius 2 is 2.25 bits per heavy atom. The predicted octanol–water partition coefficient (Wildman–Crippen LogP) is 0.902. The van der Waals surface area contributed by atoms with Crippen molar-refractivity contribution in [1.82, 2.24) is 15.2 Å². The fourth-order valence-electron chi connectivity index (χ4n) is 1.65. The summed E-state index contributed by atoms with van der Waals surface area (Å²) < 4.78 is 0. The summed E-state index contributed by atoms with van der Waals surface area (Å²) in [6.45, 7) is 1.98. The van der Waals surface area contributed by atoms with Crippen LogP contribution >= 0.6 is 0 Å². The Bertz CT molecular complexity index is 597. The molecule has 0 amide bonds. The van der Waals surface area contributed by atoms with Crippen molar-refractivity contribution < 1.29 is 9.90 Å². The van der Waals surface area contributed by atoms with Gasteiger partial charge in [-0.3, -0.25) is 15.0 Å². The highest BCUT2D eigenvalue weighted by Crippen LogP contribution is 2.14. The predicted molar refractivity (Wildman–Crippen MR) is 57.7 cm³/mol. The molecule has 6 heteroatoms.